The standard InChI is InChI=1S/C25H29FN4O4S2/c1-25(2,31)17-9-11-30(22(13-17)16-3-5-18(26)6-4-16)21-10-12-34-23-14-19(7-8-20(21)23)36(32,33)29-24-27-15-28-35-24/h3-8,14-15,17,21-22,31H,9-13H2,1-2H3,(H,27,28,29)/t17-,21-,22+/m1/s1. The summed E-state index contributed by atoms with van der Waals surface area (Å²) in [5, 5.41) is 10.9. The number of likely N-dealkylation sites (tertiary alicyclic amines) is 1. The fourth-order valence-electron chi connectivity index (χ4n) is 5.27. The number of aliphatic hydroxyl groups is 1. The van der Waals surface area contributed by atoms with E-state index in [9.17, 15) is 17.9 Å². The van der Waals surface area contributed by atoms with Gasteiger partial charge in [0.2, 0.25) is 5.13 Å². The molecule has 0 unspecified atom stereocenters. The van der Waals surface area contributed by atoms with Crippen molar-refractivity contribution in [3.8, 4) is 5.75 Å². The number of fused-ring (bicyclic) bond motifs is 1. The van der Waals surface area contributed by atoms with Gasteiger partial charge in [0.05, 0.1) is 17.1 Å². The van der Waals surface area contributed by atoms with Crippen LogP contribution < -0.4 is 9.46 Å². The van der Waals surface area contributed by atoms with Gasteiger partial charge in [0, 0.05) is 41.7 Å². The number of benzene rings is 2. The van der Waals surface area contributed by atoms with Crippen LogP contribution in [0.3, 0.4) is 0 Å². The molecule has 192 valence electrons. The molecule has 11 heteroatoms. The van der Waals surface area contributed by atoms with Crippen molar-refractivity contribution in [2.24, 2.45) is 5.92 Å². The van der Waals surface area contributed by atoms with Crippen molar-refractivity contribution in [1.82, 2.24) is 14.3 Å². The van der Waals surface area contributed by atoms with Crippen LogP contribution in [0.4, 0.5) is 9.52 Å². The van der Waals surface area contributed by atoms with Crippen LogP contribution in [0, 0.1) is 11.7 Å². The first-order chi connectivity index (χ1) is 17.1. The molecular weight excluding hydrogens is 503 g/mol. The van der Waals surface area contributed by atoms with Crippen LogP contribution in [0.2, 0.25) is 0 Å². The molecule has 3 atom stereocenters. The monoisotopic (exact) mass is 532 g/mol. The Labute approximate surface area is 214 Å². The Kier molecular flexibility index (Phi) is 6.75. The highest BCUT2D eigenvalue weighted by Crippen LogP contribution is 2.47. The summed E-state index contributed by atoms with van der Waals surface area (Å²) >= 11 is 0.963. The Morgan fingerprint density at radius 1 is 1.17 bits per heavy atom. The topological polar surface area (TPSA) is 105 Å². The third kappa shape index (κ3) is 5.10. The van der Waals surface area contributed by atoms with Crippen molar-refractivity contribution in [3.63, 3.8) is 0 Å². The molecule has 1 saturated heterocycles. The van der Waals surface area contributed by atoms with Gasteiger partial charge >= 0.3 is 0 Å². The molecule has 0 amide bonds. The molecule has 5 rings (SSSR count). The van der Waals surface area contributed by atoms with Crippen LogP contribution in [-0.4, -0.2) is 46.5 Å². The number of halogens is 1. The van der Waals surface area contributed by atoms with Crippen molar-refractivity contribution >= 4 is 26.7 Å². The first-order valence-electron chi connectivity index (χ1n) is 11.9. The van der Waals surface area contributed by atoms with Crippen LogP contribution in [0.15, 0.2) is 53.7 Å². The molecule has 0 spiro atoms. The maximum absolute atomic E-state index is 13.7. The Morgan fingerprint density at radius 2 is 1.94 bits per heavy atom. The largest absolute Gasteiger partial charge is 0.493 e. The second-order valence-corrected chi connectivity index (χ2v) is 12.3. The lowest BCUT2D eigenvalue weighted by atomic mass is 9.77. The Hall–Kier alpha value is -2.60. The zero-order chi connectivity index (χ0) is 25.5. The third-order valence-electron chi connectivity index (χ3n) is 7.18. The van der Waals surface area contributed by atoms with Crippen molar-refractivity contribution in [3.05, 3.63) is 65.7 Å². The second-order valence-electron chi connectivity index (χ2n) is 9.88. The van der Waals surface area contributed by atoms with Gasteiger partial charge in [-0.15, -0.1) is 0 Å². The van der Waals surface area contributed by atoms with E-state index in [0.29, 0.717) is 12.4 Å². The summed E-state index contributed by atoms with van der Waals surface area (Å²) < 4.78 is 51.6. The van der Waals surface area contributed by atoms with Crippen LogP contribution >= 0.6 is 11.5 Å². The Balaban J connectivity index is 1.46. The number of sulfonamides is 1. The SMILES string of the molecule is CC(C)(O)[C@@H]1CCN([C@@H]2CCOc3cc(S(=O)(=O)Nc4ncns4)ccc32)[C@H](c2ccc(F)cc2)C1. The summed E-state index contributed by atoms with van der Waals surface area (Å²) in [5.41, 5.74) is 1.10. The van der Waals surface area contributed by atoms with Crippen LogP contribution in [0.25, 0.3) is 0 Å². The number of piperidine rings is 1. The molecule has 2 aromatic carbocycles. The molecule has 0 radical (unpaired) electrons. The summed E-state index contributed by atoms with van der Waals surface area (Å²) in [4.78, 5) is 6.38. The maximum Gasteiger partial charge on any atom is 0.263 e. The Morgan fingerprint density at radius 3 is 2.64 bits per heavy atom. The number of aromatic nitrogens is 2. The minimum absolute atomic E-state index is 0.000524. The number of hydrogen-bond acceptors (Lipinski definition) is 8. The van der Waals surface area contributed by atoms with E-state index in [1.54, 1.807) is 12.1 Å². The van der Waals surface area contributed by atoms with E-state index in [1.165, 1.54) is 18.5 Å². The summed E-state index contributed by atoms with van der Waals surface area (Å²) in [6.45, 7) is 4.89. The normalized spacial score (nSPS) is 23.1. The molecular formula is C25H29FN4O4S2. The lowest BCUT2D eigenvalue weighted by Crippen LogP contribution is -2.45. The molecule has 1 fully saturated rings. The van der Waals surface area contributed by atoms with E-state index in [0.717, 1.165) is 48.5 Å². The van der Waals surface area contributed by atoms with Crippen molar-refractivity contribution in [2.75, 3.05) is 17.9 Å². The fraction of sp³-hybridized carbons (Fsp3) is 0.440. The van der Waals surface area contributed by atoms with Crippen molar-refractivity contribution in [1.29, 1.82) is 0 Å². The summed E-state index contributed by atoms with van der Waals surface area (Å²) in [6.07, 6.45) is 3.60. The highest BCUT2D eigenvalue weighted by molar-refractivity contribution is 7.93. The highest BCUT2D eigenvalue weighted by atomic mass is 32.2. The summed E-state index contributed by atoms with van der Waals surface area (Å²) in [5.74, 6) is 0.350. The van der Waals surface area contributed by atoms with Gasteiger partial charge in [0.1, 0.15) is 17.9 Å². The number of rotatable bonds is 6. The molecule has 0 bridgehead atoms. The number of ether oxygens (including phenoxy) is 1. The van der Waals surface area contributed by atoms with E-state index in [4.69, 9.17) is 4.74 Å². The predicted molar refractivity (Wildman–Crippen MR) is 135 cm³/mol. The fourth-order valence-corrected chi connectivity index (χ4v) is 6.94. The average Bonchev–Trinajstić information content (AvgIpc) is 3.35. The molecule has 2 aliphatic rings. The lowest BCUT2D eigenvalue weighted by Gasteiger charge is -2.48. The van der Waals surface area contributed by atoms with Gasteiger partial charge in [-0.05, 0) is 62.9 Å². The zero-order valence-corrected chi connectivity index (χ0v) is 21.7. The van der Waals surface area contributed by atoms with Gasteiger partial charge in [-0.2, -0.15) is 4.37 Å². The number of anilines is 1. The van der Waals surface area contributed by atoms with E-state index < -0.39 is 15.6 Å². The summed E-state index contributed by atoms with van der Waals surface area (Å²) in [7, 11) is -3.84. The zero-order valence-electron chi connectivity index (χ0n) is 20.1. The third-order valence-corrected chi connectivity index (χ3v) is 9.23. The number of nitrogens with zero attached hydrogens (tertiary/aromatic N) is 3. The highest BCUT2D eigenvalue weighted by Gasteiger charge is 2.41. The summed E-state index contributed by atoms with van der Waals surface area (Å²) in [6, 6.07) is 11.5. The molecule has 1 aromatic heterocycles. The van der Waals surface area contributed by atoms with Crippen LogP contribution in [-0.2, 0) is 10.0 Å². The molecule has 8 nitrogen and oxygen atoms in total. The molecule has 0 saturated carbocycles. The van der Waals surface area contributed by atoms with E-state index in [2.05, 4.69) is 19.0 Å². The van der Waals surface area contributed by atoms with Gasteiger partial charge in [-0.1, -0.05) is 18.2 Å². The van der Waals surface area contributed by atoms with Crippen molar-refractivity contribution < 1.29 is 22.7 Å². The Bertz CT molecular complexity index is 1310. The molecule has 0 aliphatic carbocycles. The molecule has 2 aliphatic heterocycles. The molecule has 3 heterocycles. The van der Waals surface area contributed by atoms with Gasteiger partial charge in [-0.25, -0.2) is 17.8 Å². The van der Waals surface area contributed by atoms with E-state index in [1.807, 2.05) is 32.0 Å². The van der Waals surface area contributed by atoms with Crippen LogP contribution in [0.5, 0.6) is 5.75 Å². The predicted octanol–water partition coefficient (Wildman–Crippen LogP) is 4.53. The molecule has 3 aromatic rings. The molecule has 2 N–H and O–H groups in total. The van der Waals surface area contributed by atoms with E-state index >= 15 is 0 Å². The van der Waals surface area contributed by atoms with Gasteiger partial charge < -0.3 is 9.84 Å². The van der Waals surface area contributed by atoms with Crippen molar-refractivity contribution in [2.45, 2.75) is 55.7 Å². The van der Waals surface area contributed by atoms with Gasteiger partial charge in [-0.3, -0.25) is 9.62 Å². The van der Waals surface area contributed by atoms with E-state index in [-0.39, 0.29) is 33.8 Å². The first-order valence-corrected chi connectivity index (χ1v) is 14.2. The molecule has 36 heavy (non-hydrogen) atoms. The number of nitrogens with one attached hydrogen (secondary N) is 1. The number of hydrogen-bond donors (Lipinski definition) is 2. The average molecular weight is 533 g/mol. The quantitative estimate of drug-likeness (QED) is 0.481. The van der Waals surface area contributed by atoms with Gasteiger partial charge in [0.15, 0.2) is 0 Å². The smallest absolute Gasteiger partial charge is 0.263 e. The minimum atomic E-state index is -3.84. The maximum atomic E-state index is 13.7. The van der Waals surface area contributed by atoms with Gasteiger partial charge in [0.25, 0.3) is 10.0 Å². The minimum Gasteiger partial charge on any atom is -0.493 e. The van der Waals surface area contributed by atoms with Crippen LogP contribution in [0.1, 0.15) is 56.3 Å². The second kappa shape index (κ2) is 9.70. The lowest BCUT2D eigenvalue weighted by molar-refractivity contribution is -0.0441. The first kappa shape index (κ1) is 25.1.